The van der Waals surface area contributed by atoms with Gasteiger partial charge in [-0.2, -0.15) is 0 Å². The number of urea groups is 1. The van der Waals surface area contributed by atoms with E-state index in [9.17, 15) is 14.4 Å². The van der Waals surface area contributed by atoms with Gasteiger partial charge in [0.05, 0.1) is 18.7 Å². The predicted octanol–water partition coefficient (Wildman–Crippen LogP) is 2.80. The highest BCUT2D eigenvalue weighted by Crippen LogP contribution is 2.27. The Kier molecular flexibility index (Phi) is 7.17. The van der Waals surface area contributed by atoms with Gasteiger partial charge >= 0.3 is 6.03 Å². The van der Waals surface area contributed by atoms with E-state index in [1.165, 1.54) is 0 Å². The molecule has 1 atom stereocenters. The fourth-order valence-electron chi connectivity index (χ4n) is 5.06. The number of nitrogens with zero attached hydrogens (tertiary/aromatic N) is 3. The van der Waals surface area contributed by atoms with Crippen LogP contribution >= 0.6 is 0 Å². The van der Waals surface area contributed by atoms with Gasteiger partial charge in [-0.05, 0) is 50.7 Å². The number of nitrogens with one attached hydrogen (secondary N) is 1. The van der Waals surface area contributed by atoms with Crippen molar-refractivity contribution in [1.29, 1.82) is 0 Å². The lowest BCUT2D eigenvalue weighted by molar-refractivity contribution is -0.139. The third-order valence-electron chi connectivity index (χ3n) is 6.96. The molecule has 3 heterocycles. The van der Waals surface area contributed by atoms with E-state index in [1.54, 1.807) is 7.11 Å². The molecule has 0 bridgehead atoms. The molecule has 8 nitrogen and oxygen atoms in total. The van der Waals surface area contributed by atoms with Crippen LogP contribution in [0.25, 0.3) is 0 Å². The van der Waals surface area contributed by atoms with E-state index in [4.69, 9.17) is 4.74 Å². The molecular formula is C24H34N4O4. The molecule has 1 N–H and O–H groups in total. The van der Waals surface area contributed by atoms with Gasteiger partial charge < -0.3 is 24.8 Å². The van der Waals surface area contributed by atoms with Gasteiger partial charge in [-0.15, -0.1) is 0 Å². The predicted molar refractivity (Wildman–Crippen MR) is 121 cm³/mol. The number of piperidine rings is 2. The van der Waals surface area contributed by atoms with Gasteiger partial charge in [-0.1, -0.05) is 12.1 Å². The molecule has 1 aromatic carbocycles. The number of ether oxygens (including phenoxy) is 1. The van der Waals surface area contributed by atoms with E-state index in [-0.39, 0.29) is 29.7 Å². The van der Waals surface area contributed by atoms with E-state index in [0.717, 1.165) is 45.3 Å². The van der Waals surface area contributed by atoms with Crippen LogP contribution in [0.4, 0.5) is 10.5 Å². The smallest absolute Gasteiger partial charge is 0.320 e. The zero-order chi connectivity index (χ0) is 22.5. The molecule has 3 fully saturated rings. The highest BCUT2D eigenvalue weighted by Gasteiger charge is 2.35. The van der Waals surface area contributed by atoms with Crippen LogP contribution in [-0.4, -0.2) is 78.9 Å². The summed E-state index contributed by atoms with van der Waals surface area (Å²) in [4.78, 5) is 44.3. The van der Waals surface area contributed by atoms with Crippen molar-refractivity contribution in [3.8, 4) is 5.75 Å². The molecule has 0 radical (unpaired) electrons. The number of rotatable bonds is 4. The molecule has 4 amide bonds. The molecule has 32 heavy (non-hydrogen) atoms. The minimum absolute atomic E-state index is 0.0262. The third kappa shape index (κ3) is 5.00. The summed E-state index contributed by atoms with van der Waals surface area (Å²) in [7, 11) is 1.58. The summed E-state index contributed by atoms with van der Waals surface area (Å²) in [6.07, 6.45) is 5.14. The van der Waals surface area contributed by atoms with E-state index in [1.807, 2.05) is 39.0 Å². The third-order valence-corrected chi connectivity index (χ3v) is 6.96. The largest absolute Gasteiger partial charge is 0.495 e. The summed E-state index contributed by atoms with van der Waals surface area (Å²) in [6, 6.07) is 7.46. The van der Waals surface area contributed by atoms with E-state index < -0.39 is 0 Å². The average Bonchev–Trinajstić information content (AvgIpc) is 3.38. The SMILES string of the molecule is COc1ccccc1NC(=O)C1CCN(C(=O)[C@@H]2CCCN(C(=O)N3CCCC3)C2)CC1. The van der Waals surface area contributed by atoms with Crippen molar-refractivity contribution in [3.63, 3.8) is 0 Å². The van der Waals surface area contributed by atoms with Crippen molar-refractivity contribution in [2.24, 2.45) is 11.8 Å². The number of hydrogen-bond donors (Lipinski definition) is 1. The molecule has 4 rings (SSSR count). The first-order valence-corrected chi connectivity index (χ1v) is 11.8. The van der Waals surface area contributed by atoms with Crippen LogP contribution in [-0.2, 0) is 9.59 Å². The number of amides is 4. The number of methoxy groups -OCH3 is 1. The maximum absolute atomic E-state index is 13.2. The van der Waals surface area contributed by atoms with E-state index in [0.29, 0.717) is 43.9 Å². The Morgan fingerprint density at radius 3 is 2.25 bits per heavy atom. The summed E-state index contributed by atoms with van der Waals surface area (Å²) < 4.78 is 5.31. The first-order valence-electron chi connectivity index (χ1n) is 11.8. The maximum atomic E-state index is 13.2. The monoisotopic (exact) mass is 442 g/mol. The van der Waals surface area contributed by atoms with Crippen molar-refractivity contribution in [1.82, 2.24) is 14.7 Å². The van der Waals surface area contributed by atoms with Crippen molar-refractivity contribution >= 4 is 23.5 Å². The van der Waals surface area contributed by atoms with Crippen LogP contribution in [0.15, 0.2) is 24.3 Å². The molecule has 174 valence electrons. The topological polar surface area (TPSA) is 82.2 Å². The van der Waals surface area contributed by atoms with Gasteiger partial charge in [0, 0.05) is 45.2 Å². The molecule has 1 aromatic rings. The van der Waals surface area contributed by atoms with Gasteiger partial charge in [0.15, 0.2) is 0 Å². The minimum Gasteiger partial charge on any atom is -0.495 e. The van der Waals surface area contributed by atoms with Crippen molar-refractivity contribution in [2.45, 2.75) is 38.5 Å². The van der Waals surface area contributed by atoms with Crippen molar-refractivity contribution in [3.05, 3.63) is 24.3 Å². The zero-order valence-corrected chi connectivity index (χ0v) is 18.9. The van der Waals surface area contributed by atoms with E-state index >= 15 is 0 Å². The fraction of sp³-hybridized carbons (Fsp3) is 0.625. The summed E-state index contributed by atoms with van der Waals surface area (Å²) in [5.74, 6) is 0.491. The minimum atomic E-state index is -0.130. The highest BCUT2D eigenvalue weighted by molar-refractivity contribution is 5.94. The normalized spacial score (nSPS) is 22.0. The molecule has 8 heteroatoms. The second kappa shape index (κ2) is 10.2. The Morgan fingerprint density at radius 1 is 0.844 bits per heavy atom. The lowest BCUT2D eigenvalue weighted by Gasteiger charge is -2.38. The lowest BCUT2D eigenvalue weighted by atomic mass is 9.92. The Hall–Kier alpha value is -2.77. The van der Waals surface area contributed by atoms with Crippen LogP contribution in [0.5, 0.6) is 5.75 Å². The molecule has 3 aliphatic heterocycles. The molecule has 3 saturated heterocycles. The van der Waals surface area contributed by atoms with Gasteiger partial charge in [-0.25, -0.2) is 4.79 Å². The number of carbonyl (C=O) groups excluding carboxylic acids is 3. The number of hydrogen-bond acceptors (Lipinski definition) is 4. The number of para-hydroxylation sites is 2. The number of benzene rings is 1. The Morgan fingerprint density at radius 2 is 1.53 bits per heavy atom. The standard InChI is InChI=1S/C24H34N4O4/c1-32-21-9-3-2-8-20(21)25-22(29)18-10-15-26(16-11-18)23(30)19-7-6-14-28(17-19)24(31)27-12-4-5-13-27/h2-3,8-9,18-19H,4-7,10-17H2,1H3,(H,25,29)/t19-/m1/s1. The van der Waals surface area contributed by atoms with Gasteiger partial charge in [0.1, 0.15) is 5.75 Å². The molecule has 0 saturated carbocycles. The van der Waals surface area contributed by atoms with Crippen molar-refractivity contribution < 1.29 is 19.1 Å². The zero-order valence-electron chi connectivity index (χ0n) is 18.9. The van der Waals surface area contributed by atoms with Crippen LogP contribution in [0.3, 0.4) is 0 Å². The first-order chi connectivity index (χ1) is 15.6. The van der Waals surface area contributed by atoms with Gasteiger partial charge in [0.25, 0.3) is 0 Å². The molecule has 3 aliphatic rings. The maximum Gasteiger partial charge on any atom is 0.320 e. The molecule has 0 aliphatic carbocycles. The van der Waals surface area contributed by atoms with Crippen molar-refractivity contribution in [2.75, 3.05) is 51.7 Å². The Labute approximate surface area is 189 Å². The fourth-order valence-corrected chi connectivity index (χ4v) is 5.06. The van der Waals surface area contributed by atoms with E-state index in [2.05, 4.69) is 5.32 Å². The van der Waals surface area contributed by atoms with Gasteiger partial charge in [0.2, 0.25) is 11.8 Å². The van der Waals surface area contributed by atoms with Crippen LogP contribution in [0.1, 0.15) is 38.5 Å². The number of likely N-dealkylation sites (tertiary alicyclic amines) is 3. The van der Waals surface area contributed by atoms with Crippen LogP contribution in [0, 0.1) is 11.8 Å². The summed E-state index contributed by atoms with van der Waals surface area (Å²) in [5, 5.41) is 2.97. The average molecular weight is 443 g/mol. The highest BCUT2D eigenvalue weighted by atomic mass is 16.5. The summed E-state index contributed by atoms with van der Waals surface area (Å²) in [5.41, 5.74) is 0.670. The molecule has 0 aromatic heterocycles. The van der Waals surface area contributed by atoms with Gasteiger partial charge in [-0.3, -0.25) is 9.59 Å². The van der Waals surface area contributed by atoms with Crippen LogP contribution in [0.2, 0.25) is 0 Å². The Balaban J connectivity index is 1.27. The lowest BCUT2D eigenvalue weighted by Crippen LogP contribution is -2.51. The van der Waals surface area contributed by atoms with Crippen LogP contribution < -0.4 is 10.1 Å². The first kappa shape index (κ1) is 22.4. The number of anilines is 1. The number of carbonyl (C=O) groups is 3. The quantitative estimate of drug-likeness (QED) is 0.777. The second-order valence-electron chi connectivity index (χ2n) is 9.05. The molecule has 0 spiro atoms. The Bertz CT molecular complexity index is 831. The molecular weight excluding hydrogens is 408 g/mol. The molecule has 0 unspecified atom stereocenters. The summed E-state index contributed by atoms with van der Waals surface area (Å²) in [6.45, 7) is 4.09. The second-order valence-corrected chi connectivity index (χ2v) is 9.05. The summed E-state index contributed by atoms with van der Waals surface area (Å²) >= 11 is 0.